The molecule has 0 aliphatic rings. The normalized spacial score (nSPS) is 11.0. The van der Waals surface area contributed by atoms with E-state index in [0.29, 0.717) is 20.9 Å². The van der Waals surface area contributed by atoms with Crippen molar-refractivity contribution in [1.82, 2.24) is 9.55 Å². The molecule has 34 heavy (non-hydrogen) atoms. The van der Waals surface area contributed by atoms with Crippen LogP contribution in [0.3, 0.4) is 0 Å². The molecule has 5 nitrogen and oxygen atoms in total. The van der Waals surface area contributed by atoms with Crippen molar-refractivity contribution in [2.75, 3.05) is 5.32 Å². The first-order valence-corrected chi connectivity index (χ1v) is 11.9. The number of nitrogens with zero attached hydrogens (tertiary/aromatic N) is 2. The molecule has 2 heterocycles. The molecule has 168 valence electrons. The van der Waals surface area contributed by atoms with E-state index in [9.17, 15) is 9.59 Å². The molecule has 3 aromatic carbocycles. The lowest BCUT2D eigenvalue weighted by Crippen LogP contribution is -2.28. The molecule has 0 saturated carbocycles. The standard InChI is InChI=1S/C27H20ClN3O2S/c1-17-7-12-21(28)13-23(17)30-24(32)14-31-16-29-26-25(27(31)33)22(15-34-26)20-10-8-19(9-11-20)18-5-3-2-4-6-18/h2-13,15-16H,14H2,1H3,(H,30,32). The van der Waals surface area contributed by atoms with E-state index < -0.39 is 0 Å². The van der Waals surface area contributed by atoms with E-state index in [-0.39, 0.29) is 18.0 Å². The van der Waals surface area contributed by atoms with Crippen LogP contribution in [0.1, 0.15) is 5.56 Å². The molecule has 0 radical (unpaired) electrons. The first-order valence-electron chi connectivity index (χ1n) is 10.7. The molecule has 0 bridgehead atoms. The topological polar surface area (TPSA) is 64.0 Å². The van der Waals surface area contributed by atoms with Gasteiger partial charge in [0.15, 0.2) is 0 Å². The number of hydrogen-bond donors (Lipinski definition) is 1. The highest BCUT2D eigenvalue weighted by Gasteiger charge is 2.15. The third kappa shape index (κ3) is 4.38. The Kier molecular flexibility index (Phi) is 6.01. The van der Waals surface area contributed by atoms with Gasteiger partial charge in [0.1, 0.15) is 11.4 Å². The Morgan fingerprint density at radius 3 is 2.47 bits per heavy atom. The molecule has 5 rings (SSSR count). The van der Waals surface area contributed by atoms with E-state index in [1.54, 1.807) is 12.1 Å². The largest absolute Gasteiger partial charge is 0.324 e. The van der Waals surface area contributed by atoms with Gasteiger partial charge in [-0.2, -0.15) is 0 Å². The highest BCUT2D eigenvalue weighted by atomic mass is 35.5. The van der Waals surface area contributed by atoms with Crippen LogP contribution in [-0.2, 0) is 11.3 Å². The molecule has 2 aromatic heterocycles. The number of rotatable bonds is 5. The molecule has 0 unspecified atom stereocenters. The number of benzene rings is 3. The van der Waals surface area contributed by atoms with Gasteiger partial charge in [0.25, 0.3) is 5.56 Å². The Hall–Kier alpha value is -3.74. The van der Waals surface area contributed by atoms with Crippen LogP contribution >= 0.6 is 22.9 Å². The number of hydrogen-bond acceptors (Lipinski definition) is 4. The molecule has 0 aliphatic carbocycles. The minimum absolute atomic E-state index is 0.143. The van der Waals surface area contributed by atoms with E-state index in [0.717, 1.165) is 27.8 Å². The van der Waals surface area contributed by atoms with Crippen molar-refractivity contribution in [3.63, 3.8) is 0 Å². The first kappa shape index (κ1) is 22.1. The van der Waals surface area contributed by atoms with Gasteiger partial charge in [-0.05, 0) is 41.3 Å². The van der Waals surface area contributed by atoms with Crippen molar-refractivity contribution >= 4 is 44.7 Å². The number of carbonyl (C=O) groups is 1. The molecular formula is C27H20ClN3O2S. The van der Waals surface area contributed by atoms with Crippen molar-refractivity contribution < 1.29 is 4.79 Å². The Morgan fingerprint density at radius 2 is 1.71 bits per heavy atom. The van der Waals surface area contributed by atoms with Crippen molar-refractivity contribution in [3.8, 4) is 22.3 Å². The van der Waals surface area contributed by atoms with E-state index in [4.69, 9.17) is 11.6 Å². The fourth-order valence-corrected chi connectivity index (χ4v) is 4.92. The molecule has 0 fully saturated rings. The van der Waals surface area contributed by atoms with Crippen LogP contribution in [0.2, 0.25) is 5.02 Å². The van der Waals surface area contributed by atoms with Crippen molar-refractivity contribution in [3.05, 3.63) is 105 Å². The fraction of sp³-hybridized carbons (Fsp3) is 0.0741. The lowest BCUT2D eigenvalue weighted by atomic mass is 10.0. The van der Waals surface area contributed by atoms with E-state index in [2.05, 4.69) is 22.4 Å². The van der Waals surface area contributed by atoms with Gasteiger partial charge in [0.05, 0.1) is 11.7 Å². The third-order valence-corrected chi connectivity index (χ3v) is 6.77. The Morgan fingerprint density at radius 1 is 1.00 bits per heavy atom. The maximum absolute atomic E-state index is 13.3. The second-order valence-electron chi connectivity index (χ2n) is 7.96. The van der Waals surface area contributed by atoms with Crippen LogP contribution in [0.5, 0.6) is 0 Å². The number of amides is 1. The summed E-state index contributed by atoms with van der Waals surface area (Å²) < 4.78 is 1.34. The number of fused-ring (bicyclic) bond motifs is 1. The van der Waals surface area contributed by atoms with Crippen LogP contribution in [0.25, 0.3) is 32.5 Å². The van der Waals surface area contributed by atoms with Crippen LogP contribution in [0.4, 0.5) is 5.69 Å². The van der Waals surface area contributed by atoms with Crippen LogP contribution < -0.4 is 10.9 Å². The van der Waals surface area contributed by atoms with E-state index in [1.807, 2.05) is 60.8 Å². The molecule has 0 aliphatic heterocycles. The first-order chi connectivity index (χ1) is 16.5. The zero-order valence-electron chi connectivity index (χ0n) is 18.3. The molecular weight excluding hydrogens is 466 g/mol. The van der Waals surface area contributed by atoms with Crippen LogP contribution in [0, 0.1) is 6.92 Å². The molecule has 0 atom stereocenters. The lowest BCUT2D eigenvalue weighted by Gasteiger charge is -2.10. The quantitative estimate of drug-likeness (QED) is 0.313. The van der Waals surface area contributed by atoms with Crippen LogP contribution in [-0.4, -0.2) is 15.5 Å². The third-order valence-electron chi connectivity index (χ3n) is 5.65. The number of nitrogens with one attached hydrogen (secondary N) is 1. The minimum Gasteiger partial charge on any atom is -0.324 e. The van der Waals surface area contributed by atoms with Crippen LogP contribution in [0.15, 0.2) is 89.3 Å². The Balaban J connectivity index is 1.44. The summed E-state index contributed by atoms with van der Waals surface area (Å²) in [6, 6.07) is 23.5. The fourth-order valence-electron chi connectivity index (χ4n) is 3.84. The summed E-state index contributed by atoms with van der Waals surface area (Å²) in [7, 11) is 0. The summed E-state index contributed by atoms with van der Waals surface area (Å²) in [5, 5.41) is 5.82. The summed E-state index contributed by atoms with van der Waals surface area (Å²) in [6.45, 7) is 1.74. The van der Waals surface area contributed by atoms with Gasteiger partial charge in [-0.15, -0.1) is 11.3 Å². The van der Waals surface area contributed by atoms with Crippen molar-refractivity contribution in [2.24, 2.45) is 0 Å². The maximum atomic E-state index is 13.3. The summed E-state index contributed by atoms with van der Waals surface area (Å²) in [4.78, 5) is 31.0. The van der Waals surface area contributed by atoms with E-state index >= 15 is 0 Å². The SMILES string of the molecule is Cc1ccc(Cl)cc1NC(=O)Cn1cnc2scc(-c3ccc(-c4ccccc4)cc3)c2c1=O. The molecule has 7 heteroatoms. The van der Waals surface area contributed by atoms with Gasteiger partial charge in [-0.25, -0.2) is 4.98 Å². The summed E-state index contributed by atoms with van der Waals surface area (Å²) in [5.74, 6) is -0.322. The van der Waals surface area contributed by atoms with Crippen molar-refractivity contribution in [2.45, 2.75) is 13.5 Å². The number of aromatic nitrogens is 2. The smallest absolute Gasteiger partial charge is 0.263 e. The molecule has 1 amide bonds. The molecule has 0 spiro atoms. The lowest BCUT2D eigenvalue weighted by molar-refractivity contribution is -0.116. The number of aryl methyl sites for hydroxylation is 1. The summed E-state index contributed by atoms with van der Waals surface area (Å²) >= 11 is 7.46. The Bertz CT molecular complexity index is 1560. The highest BCUT2D eigenvalue weighted by Crippen LogP contribution is 2.32. The van der Waals surface area contributed by atoms with E-state index in [1.165, 1.54) is 22.2 Å². The van der Waals surface area contributed by atoms with Gasteiger partial charge in [0.2, 0.25) is 5.91 Å². The van der Waals surface area contributed by atoms with Gasteiger partial charge in [-0.1, -0.05) is 72.3 Å². The second-order valence-corrected chi connectivity index (χ2v) is 9.25. The number of thiophene rings is 1. The average molecular weight is 486 g/mol. The van der Waals surface area contributed by atoms with Gasteiger partial charge in [-0.3, -0.25) is 14.2 Å². The van der Waals surface area contributed by atoms with Crippen molar-refractivity contribution in [1.29, 1.82) is 0 Å². The molecule has 0 saturated heterocycles. The zero-order valence-corrected chi connectivity index (χ0v) is 19.9. The Labute approximate surface area is 205 Å². The number of carbonyl (C=O) groups excluding carboxylic acids is 1. The highest BCUT2D eigenvalue weighted by molar-refractivity contribution is 7.17. The number of anilines is 1. The predicted octanol–water partition coefficient (Wildman–Crippen LogP) is 6.39. The predicted molar refractivity (Wildman–Crippen MR) is 140 cm³/mol. The summed E-state index contributed by atoms with van der Waals surface area (Å²) in [6.07, 6.45) is 1.42. The average Bonchev–Trinajstić information content (AvgIpc) is 3.29. The van der Waals surface area contributed by atoms with Gasteiger partial charge < -0.3 is 5.32 Å². The maximum Gasteiger partial charge on any atom is 0.263 e. The molecule has 1 N–H and O–H groups in total. The monoisotopic (exact) mass is 485 g/mol. The number of halogens is 1. The minimum atomic E-state index is -0.322. The second kappa shape index (κ2) is 9.25. The van der Waals surface area contributed by atoms with Gasteiger partial charge >= 0.3 is 0 Å². The molecule has 5 aromatic rings. The summed E-state index contributed by atoms with van der Waals surface area (Å²) in [5.41, 5.74) is 5.25. The zero-order chi connectivity index (χ0) is 23.7. The van der Waals surface area contributed by atoms with Gasteiger partial charge in [0, 0.05) is 21.7 Å².